The molecule has 21 heavy (non-hydrogen) atoms. The second-order valence-corrected chi connectivity index (χ2v) is 4.68. The molecule has 2 aromatic rings. The molecular formula is C13H13ClN4O3. The van der Waals surface area contributed by atoms with Crippen LogP contribution in [0, 0.1) is 13.8 Å². The van der Waals surface area contributed by atoms with Crippen LogP contribution in [0.2, 0.25) is 5.02 Å². The van der Waals surface area contributed by atoms with Gasteiger partial charge in [-0.2, -0.15) is 5.10 Å². The molecule has 7 nitrogen and oxygen atoms in total. The Labute approximate surface area is 125 Å². The molecule has 0 saturated carbocycles. The maximum Gasteiger partial charge on any atom is 0.339 e. The smallest absolute Gasteiger partial charge is 0.339 e. The Kier molecular flexibility index (Phi) is 4.23. The number of carboxylic acid groups (broad SMARTS) is 1. The number of hydrogen-bond acceptors (Lipinski definition) is 6. The Morgan fingerprint density at radius 1 is 1.29 bits per heavy atom. The number of aryl methyl sites for hydroxylation is 2. The van der Waals surface area contributed by atoms with Crippen molar-refractivity contribution < 1.29 is 14.6 Å². The van der Waals surface area contributed by atoms with Gasteiger partial charge in [-0.15, -0.1) is 5.10 Å². The minimum absolute atomic E-state index is 0.0211. The minimum atomic E-state index is -1.12. The molecule has 0 amide bonds. The molecule has 1 aromatic carbocycles. The summed E-state index contributed by atoms with van der Waals surface area (Å²) < 4.78 is 5.05. The van der Waals surface area contributed by atoms with Crippen molar-refractivity contribution in [2.24, 2.45) is 0 Å². The van der Waals surface area contributed by atoms with Gasteiger partial charge < -0.3 is 15.2 Å². The second kappa shape index (κ2) is 5.92. The number of aromatic carboxylic acids is 1. The Morgan fingerprint density at radius 3 is 2.57 bits per heavy atom. The fraction of sp³-hybridized carbons (Fsp3) is 0.231. The fourth-order valence-corrected chi connectivity index (χ4v) is 1.83. The van der Waals surface area contributed by atoms with E-state index in [-0.39, 0.29) is 22.3 Å². The van der Waals surface area contributed by atoms with Gasteiger partial charge in [0.05, 0.1) is 29.2 Å². The minimum Gasteiger partial charge on any atom is -0.496 e. The number of carbonyl (C=O) groups is 1. The predicted molar refractivity (Wildman–Crippen MR) is 77.5 cm³/mol. The number of anilines is 2. The van der Waals surface area contributed by atoms with Crippen LogP contribution in [0.25, 0.3) is 0 Å². The molecule has 0 aliphatic rings. The first-order valence-electron chi connectivity index (χ1n) is 5.98. The number of nitrogens with zero attached hydrogens (tertiary/aromatic N) is 3. The first-order valence-corrected chi connectivity index (χ1v) is 6.36. The summed E-state index contributed by atoms with van der Waals surface area (Å²) >= 11 is 6.07. The lowest BCUT2D eigenvalue weighted by atomic mass is 10.2. The summed E-state index contributed by atoms with van der Waals surface area (Å²) in [5.41, 5.74) is 1.87. The molecule has 0 radical (unpaired) electrons. The number of ether oxygens (including phenoxy) is 1. The number of methoxy groups -OCH3 is 1. The van der Waals surface area contributed by atoms with Crippen LogP contribution in [0.4, 0.5) is 11.6 Å². The molecule has 0 unspecified atom stereocenters. The quantitative estimate of drug-likeness (QED) is 0.895. The summed E-state index contributed by atoms with van der Waals surface area (Å²) in [6.45, 7) is 3.61. The Morgan fingerprint density at radius 2 is 2.00 bits per heavy atom. The highest BCUT2D eigenvalue weighted by Crippen LogP contribution is 2.32. The molecule has 0 fully saturated rings. The van der Waals surface area contributed by atoms with Crippen LogP contribution < -0.4 is 10.1 Å². The number of hydrogen-bond donors (Lipinski definition) is 2. The Hall–Kier alpha value is -2.41. The van der Waals surface area contributed by atoms with Crippen molar-refractivity contribution in [1.29, 1.82) is 0 Å². The number of aromatic nitrogens is 3. The number of nitrogens with one attached hydrogen (secondary N) is 1. The van der Waals surface area contributed by atoms with Gasteiger partial charge in [-0.3, -0.25) is 0 Å². The molecule has 1 aromatic heterocycles. The van der Waals surface area contributed by atoms with Crippen LogP contribution in [0.1, 0.15) is 21.7 Å². The van der Waals surface area contributed by atoms with Crippen LogP contribution in [0.15, 0.2) is 12.1 Å². The molecule has 0 aliphatic carbocycles. The monoisotopic (exact) mass is 308 g/mol. The van der Waals surface area contributed by atoms with E-state index in [1.54, 1.807) is 6.92 Å². The summed E-state index contributed by atoms with van der Waals surface area (Å²) in [6, 6.07) is 2.78. The summed E-state index contributed by atoms with van der Waals surface area (Å²) in [7, 11) is 1.38. The molecule has 0 bridgehead atoms. The van der Waals surface area contributed by atoms with Crippen LogP contribution in [-0.4, -0.2) is 33.4 Å². The molecule has 0 aliphatic heterocycles. The number of rotatable bonds is 4. The maximum atomic E-state index is 11.1. The second-order valence-electron chi connectivity index (χ2n) is 4.27. The number of carboxylic acids is 1. The third kappa shape index (κ3) is 3.19. The van der Waals surface area contributed by atoms with E-state index in [2.05, 4.69) is 20.5 Å². The highest BCUT2D eigenvalue weighted by atomic mass is 35.5. The van der Waals surface area contributed by atoms with E-state index in [1.165, 1.54) is 19.2 Å². The SMILES string of the molecule is COc1cc(Nc2nnc(C)c(C)n2)c(Cl)cc1C(=O)O. The maximum absolute atomic E-state index is 11.1. The molecule has 110 valence electrons. The van der Waals surface area contributed by atoms with Gasteiger partial charge in [0.25, 0.3) is 0 Å². The molecule has 2 N–H and O–H groups in total. The van der Waals surface area contributed by atoms with Crippen LogP contribution >= 0.6 is 11.6 Å². The molecule has 8 heteroatoms. The van der Waals surface area contributed by atoms with E-state index in [1.807, 2.05) is 6.92 Å². The third-order valence-electron chi connectivity index (χ3n) is 2.86. The van der Waals surface area contributed by atoms with Crippen molar-refractivity contribution in [2.45, 2.75) is 13.8 Å². The zero-order valence-electron chi connectivity index (χ0n) is 11.6. The van der Waals surface area contributed by atoms with Gasteiger partial charge in [-0.05, 0) is 19.9 Å². The predicted octanol–water partition coefficient (Wildman–Crippen LogP) is 2.59. The molecule has 0 saturated heterocycles. The van der Waals surface area contributed by atoms with Crippen LogP contribution in [0.3, 0.4) is 0 Å². The van der Waals surface area contributed by atoms with Gasteiger partial charge in [0.2, 0.25) is 5.95 Å². The van der Waals surface area contributed by atoms with Gasteiger partial charge in [0.1, 0.15) is 11.3 Å². The molecule has 1 heterocycles. The van der Waals surface area contributed by atoms with E-state index in [4.69, 9.17) is 21.4 Å². The highest BCUT2D eigenvalue weighted by Gasteiger charge is 2.15. The summed E-state index contributed by atoms with van der Waals surface area (Å²) in [5.74, 6) is -0.666. The topological polar surface area (TPSA) is 97.2 Å². The Balaban J connectivity index is 2.40. The van der Waals surface area contributed by atoms with Crippen LogP contribution in [0.5, 0.6) is 5.75 Å². The lowest BCUT2D eigenvalue weighted by molar-refractivity contribution is 0.0693. The van der Waals surface area contributed by atoms with E-state index < -0.39 is 5.97 Å². The Bertz CT molecular complexity index is 706. The summed E-state index contributed by atoms with van der Waals surface area (Å²) in [4.78, 5) is 15.3. The van der Waals surface area contributed by atoms with Gasteiger partial charge in [-0.25, -0.2) is 9.78 Å². The van der Waals surface area contributed by atoms with Crippen molar-refractivity contribution >= 4 is 29.2 Å². The van der Waals surface area contributed by atoms with E-state index in [9.17, 15) is 4.79 Å². The fourth-order valence-electron chi connectivity index (χ4n) is 1.62. The largest absolute Gasteiger partial charge is 0.496 e. The van der Waals surface area contributed by atoms with E-state index in [0.717, 1.165) is 11.4 Å². The van der Waals surface area contributed by atoms with Crippen molar-refractivity contribution in [3.8, 4) is 5.75 Å². The highest BCUT2D eigenvalue weighted by molar-refractivity contribution is 6.33. The van der Waals surface area contributed by atoms with Crippen LogP contribution in [-0.2, 0) is 0 Å². The molecule has 2 rings (SSSR count). The number of benzene rings is 1. The van der Waals surface area contributed by atoms with Crippen molar-refractivity contribution in [1.82, 2.24) is 15.2 Å². The summed E-state index contributed by atoms with van der Waals surface area (Å²) in [5, 5.41) is 20.0. The molecular weight excluding hydrogens is 296 g/mol. The lowest BCUT2D eigenvalue weighted by Gasteiger charge is -2.11. The summed E-state index contributed by atoms with van der Waals surface area (Å²) in [6.07, 6.45) is 0. The van der Waals surface area contributed by atoms with Crippen molar-refractivity contribution in [3.05, 3.63) is 34.1 Å². The first kappa shape index (κ1) is 15.0. The first-order chi connectivity index (χ1) is 9.92. The average molecular weight is 309 g/mol. The van der Waals surface area contributed by atoms with E-state index >= 15 is 0 Å². The zero-order chi connectivity index (χ0) is 15.6. The van der Waals surface area contributed by atoms with Gasteiger partial charge in [0, 0.05) is 6.07 Å². The van der Waals surface area contributed by atoms with Gasteiger partial charge in [-0.1, -0.05) is 11.6 Å². The van der Waals surface area contributed by atoms with Gasteiger partial charge in [0.15, 0.2) is 0 Å². The molecule has 0 atom stereocenters. The standard InChI is InChI=1S/C13H13ClN4O3/c1-6-7(2)17-18-13(15-6)16-10-5-11(21-3)8(12(19)20)4-9(10)14/h4-5H,1-3H3,(H,19,20)(H,15,16,18). The average Bonchev–Trinajstić information content (AvgIpc) is 2.44. The third-order valence-corrected chi connectivity index (χ3v) is 3.17. The van der Waals surface area contributed by atoms with Gasteiger partial charge >= 0.3 is 5.97 Å². The zero-order valence-corrected chi connectivity index (χ0v) is 12.4. The lowest BCUT2D eigenvalue weighted by Crippen LogP contribution is -2.05. The van der Waals surface area contributed by atoms with Crippen molar-refractivity contribution in [3.63, 3.8) is 0 Å². The molecule has 0 spiro atoms. The van der Waals surface area contributed by atoms with E-state index in [0.29, 0.717) is 5.69 Å². The van der Waals surface area contributed by atoms with Crippen molar-refractivity contribution in [2.75, 3.05) is 12.4 Å². The normalized spacial score (nSPS) is 10.3. The number of halogens is 1.